The van der Waals surface area contributed by atoms with E-state index in [0.717, 1.165) is 5.56 Å². The first-order chi connectivity index (χ1) is 15.7. The van der Waals surface area contributed by atoms with E-state index >= 15 is 0 Å². The predicted octanol–water partition coefficient (Wildman–Crippen LogP) is 3.25. The van der Waals surface area contributed by atoms with Crippen molar-refractivity contribution in [2.45, 2.75) is 32.4 Å². The molecule has 3 aromatic heterocycles. The number of halogens is 3. The van der Waals surface area contributed by atoms with Crippen LogP contribution in [0.3, 0.4) is 0 Å². The lowest BCUT2D eigenvalue weighted by atomic mass is 10.0. The first-order valence-corrected chi connectivity index (χ1v) is 10.3. The monoisotopic (exact) mass is 467 g/mol. The molecular formula is C21H16ClF2N9. The van der Waals surface area contributed by atoms with E-state index in [-0.39, 0.29) is 23.8 Å². The summed E-state index contributed by atoms with van der Waals surface area (Å²) in [7, 11) is 0. The second-order valence-corrected chi connectivity index (χ2v) is 8.18. The predicted molar refractivity (Wildman–Crippen MR) is 115 cm³/mol. The molecule has 0 unspecified atom stereocenters. The highest BCUT2D eigenvalue weighted by atomic mass is 35.5. The van der Waals surface area contributed by atoms with Crippen LogP contribution in [0.15, 0.2) is 30.5 Å². The van der Waals surface area contributed by atoms with E-state index in [1.165, 1.54) is 9.36 Å². The molecule has 0 aliphatic carbocycles. The molecule has 5 rings (SSSR count). The average molecular weight is 468 g/mol. The van der Waals surface area contributed by atoms with Gasteiger partial charge in [0.1, 0.15) is 28.8 Å². The molecule has 166 valence electrons. The summed E-state index contributed by atoms with van der Waals surface area (Å²) in [4.78, 5) is 8.81. The van der Waals surface area contributed by atoms with Gasteiger partial charge in [-0.3, -0.25) is 4.68 Å². The summed E-state index contributed by atoms with van der Waals surface area (Å²) < 4.78 is 29.8. The van der Waals surface area contributed by atoms with Crippen molar-refractivity contribution in [1.29, 1.82) is 5.26 Å². The molecule has 4 aromatic rings. The van der Waals surface area contributed by atoms with E-state index in [1.54, 1.807) is 37.4 Å². The highest BCUT2D eigenvalue weighted by Crippen LogP contribution is 2.33. The molecule has 0 spiro atoms. The second kappa shape index (κ2) is 7.60. The van der Waals surface area contributed by atoms with Gasteiger partial charge in [-0.15, -0.1) is 5.10 Å². The van der Waals surface area contributed by atoms with Crippen molar-refractivity contribution in [2.24, 2.45) is 0 Å². The molecule has 2 N–H and O–H groups in total. The fourth-order valence-corrected chi connectivity index (χ4v) is 4.00. The second-order valence-electron chi connectivity index (χ2n) is 7.80. The fourth-order valence-electron chi connectivity index (χ4n) is 3.82. The van der Waals surface area contributed by atoms with Crippen molar-refractivity contribution >= 4 is 17.4 Å². The van der Waals surface area contributed by atoms with Gasteiger partial charge in [-0.2, -0.15) is 10.4 Å². The van der Waals surface area contributed by atoms with Crippen LogP contribution in [0.5, 0.6) is 0 Å². The third-order valence-electron chi connectivity index (χ3n) is 5.41. The minimum absolute atomic E-state index is 0.0689. The molecule has 0 atom stereocenters. The van der Waals surface area contributed by atoms with Crippen molar-refractivity contribution in [3.05, 3.63) is 58.0 Å². The van der Waals surface area contributed by atoms with Gasteiger partial charge in [-0.25, -0.2) is 23.4 Å². The summed E-state index contributed by atoms with van der Waals surface area (Å²) in [6, 6.07) is 9.01. The number of anilines is 1. The Hall–Kier alpha value is -3.91. The van der Waals surface area contributed by atoms with Crippen LogP contribution >= 0.6 is 11.6 Å². The van der Waals surface area contributed by atoms with Crippen molar-refractivity contribution in [2.75, 3.05) is 5.73 Å². The standard InChI is InChI=1S/C21H16ClF2N9/c1-11-12(7-25)3-2-4-15(11)20-27-18(17(22)19(26)28-20)16-9-32(31-29-16)8-13-5-14-6-21(23,24)10-33(14)30-13/h2-5,9H,6,8,10H2,1H3,(H2,26,27,28). The number of hydrogen-bond donors (Lipinski definition) is 1. The Bertz CT molecular complexity index is 1410. The summed E-state index contributed by atoms with van der Waals surface area (Å²) in [5.74, 6) is -2.38. The van der Waals surface area contributed by atoms with Crippen LogP contribution < -0.4 is 5.73 Å². The minimum atomic E-state index is -2.76. The van der Waals surface area contributed by atoms with Gasteiger partial charge in [-0.1, -0.05) is 28.9 Å². The normalized spacial score (nSPS) is 14.3. The Morgan fingerprint density at radius 1 is 1.30 bits per heavy atom. The maximum absolute atomic E-state index is 13.5. The van der Waals surface area contributed by atoms with Crippen molar-refractivity contribution < 1.29 is 8.78 Å². The van der Waals surface area contributed by atoms with Crippen molar-refractivity contribution in [3.8, 4) is 28.8 Å². The molecule has 9 nitrogen and oxygen atoms in total. The Kier molecular flexibility index (Phi) is 4.83. The zero-order valence-electron chi connectivity index (χ0n) is 17.3. The molecule has 33 heavy (non-hydrogen) atoms. The van der Waals surface area contributed by atoms with Gasteiger partial charge in [0.25, 0.3) is 5.92 Å². The Morgan fingerprint density at radius 2 is 2.12 bits per heavy atom. The quantitative estimate of drug-likeness (QED) is 0.488. The van der Waals surface area contributed by atoms with Crippen LogP contribution in [0.1, 0.15) is 22.5 Å². The first kappa shape index (κ1) is 21.0. The van der Waals surface area contributed by atoms with Gasteiger partial charge in [0.2, 0.25) is 0 Å². The average Bonchev–Trinajstić information content (AvgIpc) is 3.43. The van der Waals surface area contributed by atoms with Crippen LogP contribution in [-0.2, 0) is 19.5 Å². The van der Waals surface area contributed by atoms with E-state index in [9.17, 15) is 14.0 Å². The van der Waals surface area contributed by atoms with Gasteiger partial charge in [0, 0.05) is 11.3 Å². The number of fused-ring (bicyclic) bond motifs is 1. The summed E-state index contributed by atoms with van der Waals surface area (Å²) in [6.45, 7) is 1.62. The number of aromatic nitrogens is 7. The number of nitrogens with two attached hydrogens (primary N) is 1. The first-order valence-electron chi connectivity index (χ1n) is 9.91. The lowest BCUT2D eigenvalue weighted by Crippen LogP contribution is -2.18. The molecule has 0 saturated carbocycles. The lowest BCUT2D eigenvalue weighted by molar-refractivity contribution is 0.000862. The van der Waals surface area contributed by atoms with Crippen LogP contribution in [0, 0.1) is 18.3 Å². The Morgan fingerprint density at radius 3 is 2.88 bits per heavy atom. The molecule has 0 saturated heterocycles. The maximum atomic E-state index is 13.5. The van der Waals surface area contributed by atoms with Crippen LogP contribution in [0.2, 0.25) is 5.02 Å². The minimum Gasteiger partial charge on any atom is -0.382 e. The molecule has 0 amide bonds. The fraction of sp³-hybridized carbons (Fsp3) is 0.238. The molecule has 12 heteroatoms. The smallest absolute Gasteiger partial charge is 0.272 e. The summed E-state index contributed by atoms with van der Waals surface area (Å²) in [6.07, 6.45) is 1.29. The maximum Gasteiger partial charge on any atom is 0.272 e. The van der Waals surface area contributed by atoms with E-state index in [4.69, 9.17) is 17.3 Å². The molecule has 0 bridgehead atoms. The van der Waals surface area contributed by atoms with Crippen LogP contribution in [-0.4, -0.2) is 40.7 Å². The zero-order valence-corrected chi connectivity index (χ0v) is 18.1. The van der Waals surface area contributed by atoms with Gasteiger partial charge < -0.3 is 5.73 Å². The number of nitriles is 1. The van der Waals surface area contributed by atoms with Gasteiger partial charge in [0.05, 0.1) is 36.5 Å². The molecule has 0 radical (unpaired) electrons. The van der Waals surface area contributed by atoms with Crippen molar-refractivity contribution in [3.63, 3.8) is 0 Å². The number of hydrogen-bond acceptors (Lipinski definition) is 7. The van der Waals surface area contributed by atoms with Gasteiger partial charge in [-0.05, 0) is 24.6 Å². The SMILES string of the molecule is Cc1c(C#N)cccc1-c1nc(N)c(Cl)c(-c2cn(Cc3cc4n(n3)CC(F)(F)C4)nn2)n1. The third kappa shape index (κ3) is 3.78. The number of alkyl halides is 2. The summed E-state index contributed by atoms with van der Waals surface area (Å²) >= 11 is 6.37. The van der Waals surface area contributed by atoms with E-state index in [0.29, 0.717) is 39.7 Å². The topological polar surface area (TPSA) is 124 Å². The number of nitrogens with zero attached hydrogens (tertiary/aromatic N) is 8. The summed E-state index contributed by atoms with van der Waals surface area (Å²) in [5.41, 5.74) is 9.64. The zero-order chi connectivity index (χ0) is 23.3. The van der Waals surface area contributed by atoms with Crippen LogP contribution in [0.4, 0.5) is 14.6 Å². The van der Waals surface area contributed by atoms with Gasteiger partial charge >= 0.3 is 0 Å². The van der Waals surface area contributed by atoms with E-state index in [1.807, 2.05) is 0 Å². The summed E-state index contributed by atoms with van der Waals surface area (Å²) in [5, 5.41) is 21.9. The van der Waals surface area contributed by atoms with Gasteiger partial charge in [0.15, 0.2) is 5.82 Å². The van der Waals surface area contributed by atoms with Crippen molar-refractivity contribution in [1.82, 2.24) is 34.7 Å². The molecule has 1 aliphatic rings. The van der Waals surface area contributed by atoms with E-state index < -0.39 is 12.5 Å². The molecule has 1 aromatic carbocycles. The number of rotatable bonds is 4. The number of benzene rings is 1. The lowest BCUT2D eigenvalue weighted by Gasteiger charge is -2.09. The van der Waals surface area contributed by atoms with E-state index in [2.05, 4.69) is 31.4 Å². The number of nitrogen functional groups attached to an aromatic ring is 1. The highest BCUT2D eigenvalue weighted by molar-refractivity contribution is 6.35. The third-order valence-corrected chi connectivity index (χ3v) is 5.78. The molecule has 0 fully saturated rings. The highest BCUT2D eigenvalue weighted by Gasteiger charge is 2.38. The molecule has 4 heterocycles. The largest absolute Gasteiger partial charge is 0.382 e. The molecular weight excluding hydrogens is 452 g/mol. The Balaban J connectivity index is 1.46. The van der Waals surface area contributed by atoms with Crippen LogP contribution in [0.25, 0.3) is 22.8 Å². The molecule has 1 aliphatic heterocycles. The Labute approximate surface area is 191 Å².